The van der Waals surface area contributed by atoms with Crippen molar-refractivity contribution in [2.75, 3.05) is 13.2 Å². The third-order valence-corrected chi connectivity index (χ3v) is 3.23. The third-order valence-electron chi connectivity index (χ3n) is 3.23. The standard InChI is InChI=1S/C14H21NO/c1-10(2)12-4-6-13(7-5-12)11(3)15-14-8-16-9-14/h4-7,10-11,14-15H,8-9H2,1-3H3. The van der Waals surface area contributed by atoms with Crippen molar-refractivity contribution in [3.8, 4) is 0 Å². The van der Waals surface area contributed by atoms with E-state index in [9.17, 15) is 0 Å². The first kappa shape index (κ1) is 11.6. The van der Waals surface area contributed by atoms with Crippen LogP contribution in [0.4, 0.5) is 0 Å². The molecule has 1 unspecified atom stereocenters. The maximum absolute atomic E-state index is 5.16. The molecule has 0 radical (unpaired) electrons. The molecule has 1 atom stereocenters. The summed E-state index contributed by atoms with van der Waals surface area (Å²) in [5, 5.41) is 3.56. The maximum atomic E-state index is 5.16. The van der Waals surface area contributed by atoms with Crippen LogP contribution in [-0.4, -0.2) is 19.3 Å². The highest BCUT2D eigenvalue weighted by Crippen LogP contribution is 2.19. The van der Waals surface area contributed by atoms with Gasteiger partial charge in [0.2, 0.25) is 0 Å². The topological polar surface area (TPSA) is 21.3 Å². The van der Waals surface area contributed by atoms with Crippen molar-refractivity contribution in [3.63, 3.8) is 0 Å². The highest BCUT2D eigenvalue weighted by atomic mass is 16.5. The Morgan fingerprint density at radius 1 is 1.06 bits per heavy atom. The fourth-order valence-corrected chi connectivity index (χ4v) is 1.95. The normalized spacial score (nSPS) is 18.5. The molecular formula is C14H21NO. The van der Waals surface area contributed by atoms with E-state index >= 15 is 0 Å². The summed E-state index contributed by atoms with van der Waals surface area (Å²) in [5.41, 5.74) is 2.76. The molecule has 1 aromatic rings. The van der Waals surface area contributed by atoms with Gasteiger partial charge in [-0.2, -0.15) is 0 Å². The van der Waals surface area contributed by atoms with Gasteiger partial charge in [-0.15, -0.1) is 0 Å². The van der Waals surface area contributed by atoms with Crippen LogP contribution in [0.2, 0.25) is 0 Å². The van der Waals surface area contributed by atoms with Crippen molar-refractivity contribution in [2.45, 2.75) is 38.8 Å². The number of nitrogens with one attached hydrogen (secondary N) is 1. The van der Waals surface area contributed by atoms with Crippen LogP contribution < -0.4 is 5.32 Å². The van der Waals surface area contributed by atoms with Crippen molar-refractivity contribution in [1.82, 2.24) is 5.32 Å². The van der Waals surface area contributed by atoms with Crippen LogP contribution in [-0.2, 0) is 4.74 Å². The molecule has 0 spiro atoms. The molecule has 1 N–H and O–H groups in total. The van der Waals surface area contributed by atoms with Gasteiger partial charge in [0, 0.05) is 6.04 Å². The Hall–Kier alpha value is -0.860. The van der Waals surface area contributed by atoms with Gasteiger partial charge in [0.05, 0.1) is 19.3 Å². The van der Waals surface area contributed by atoms with Crippen molar-refractivity contribution in [2.24, 2.45) is 0 Å². The quantitative estimate of drug-likeness (QED) is 0.840. The van der Waals surface area contributed by atoms with E-state index in [2.05, 4.69) is 50.4 Å². The monoisotopic (exact) mass is 219 g/mol. The largest absolute Gasteiger partial charge is 0.378 e. The van der Waals surface area contributed by atoms with Crippen LogP contribution in [0.25, 0.3) is 0 Å². The molecule has 0 aliphatic carbocycles. The lowest BCUT2D eigenvalue weighted by molar-refractivity contribution is -0.00925. The van der Waals surface area contributed by atoms with E-state index in [-0.39, 0.29) is 0 Å². The van der Waals surface area contributed by atoms with Crippen molar-refractivity contribution in [3.05, 3.63) is 35.4 Å². The average Bonchev–Trinajstić information content (AvgIpc) is 2.23. The predicted octanol–water partition coefficient (Wildman–Crippen LogP) is 2.86. The van der Waals surface area contributed by atoms with Gasteiger partial charge in [0.15, 0.2) is 0 Å². The predicted molar refractivity (Wildman–Crippen MR) is 66.7 cm³/mol. The summed E-state index contributed by atoms with van der Waals surface area (Å²) in [5.74, 6) is 0.609. The molecule has 88 valence electrons. The second-order valence-electron chi connectivity index (χ2n) is 4.94. The minimum atomic E-state index is 0.412. The smallest absolute Gasteiger partial charge is 0.0643 e. The lowest BCUT2D eigenvalue weighted by Crippen LogP contribution is -2.46. The Morgan fingerprint density at radius 3 is 2.06 bits per heavy atom. The van der Waals surface area contributed by atoms with Gasteiger partial charge in [-0.1, -0.05) is 38.1 Å². The fourth-order valence-electron chi connectivity index (χ4n) is 1.95. The molecule has 16 heavy (non-hydrogen) atoms. The number of hydrogen-bond acceptors (Lipinski definition) is 2. The first-order valence-electron chi connectivity index (χ1n) is 6.10. The van der Waals surface area contributed by atoms with Gasteiger partial charge in [-0.25, -0.2) is 0 Å². The van der Waals surface area contributed by atoms with E-state index in [1.54, 1.807) is 0 Å². The molecule has 1 fully saturated rings. The van der Waals surface area contributed by atoms with Crippen LogP contribution in [0.5, 0.6) is 0 Å². The zero-order valence-electron chi connectivity index (χ0n) is 10.4. The summed E-state index contributed by atoms with van der Waals surface area (Å²) in [6.07, 6.45) is 0. The van der Waals surface area contributed by atoms with Gasteiger partial charge in [-0.05, 0) is 24.0 Å². The number of benzene rings is 1. The van der Waals surface area contributed by atoms with Gasteiger partial charge < -0.3 is 10.1 Å². The second kappa shape index (κ2) is 4.98. The third kappa shape index (κ3) is 2.63. The van der Waals surface area contributed by atoms with E-state index in [4.69, 9.17) is 4.74 Å². The minimum absolute atomic E-state index is 0.412. The molecule has 1 aliphatic rings. The van der Waals surface area contributed by atoms with Crippen molar-refractivity contribution in [1.29, 1.82) is 0 Å². The fraction of sp³-hybridized carbons (Fsp3) is 0.571. The maximum Gasteiger partial charge on any atom is 0.0643 e. The Kier molecular flexibility index (Phi) is 3.62. The highest BCUT2D eigenvalue weighted by molar-refractivity contribution is 5.26. The zero-order valence-corrected chi connectivity index (χ0v) is 10.4. The molecule has 0 bridgehead atoms. The van der Waals surface area contributed by atoms with Crippen molar-refractivity contribution < 1.29 is 4.74 Å². The van der Waals surface area contributed by atoms with Gasteiger partial charge in [-0.3, -0.25) is 0 Å². The zero-order chi connectivity index (χ0) is 11.5. The molecule has 1 saturated heterocycles. The van der Waals surface area contributed by atoms with Crippen LogP contribution >= 0.6 is 0 Å². The Balaban J connectivity index is 1.97. The molecule has 2 heteroatoms. The lowest BCUT2D eigenvalue weighted by atomic mass is 9.99. The molecule has 1 aromatic carbocycles. The molecule has 1 aliphatic heterocycles. The second-order valence-corrected chi connectivity index (χ2v) is 4.94. The minimum Gasteiger partial charge on any atom is -0.378 e. The van der Waals surface area contributed by atoms with Gasteiger partial charge in [0.25, 0.3) is 0 Å². The molecule has 0 amide bonds. The summed E-state index contributed by atoms with van der Waals surface area (Å²) < 4.78 is 5.16. The van der Waals surface area contributed by atoms with E-state index in [0.29, 0.717) is 18.0 Å². The van der Waals surface area contributed by atoms with Gasteiger partial charge in [0.1, 0.15) is 0 Å². The Morgan fingerprint density at radius 2 is 1.62 bits per heavy atom. The highest BCUT2D eigenvalue weighted by Gasteiger charge is 2.20. The van der Waals surface area contributed by atoms with E-state index in [0.717, 1.165) is 13.2 Å². The average molecular weight is 219 g/mol. The number of ether oxygens (including phenoxy) is 1. The SMILES string of the molecule is CC(C)c1ccc(C(C)NC2COC2)cc1. The molecule has 0 aromatic heterocycles. The number of rotatable bonds is 4. The molecule has 2 nitrogen and oxygen atoms in total. The summed E-state index contributed by atoms with van der Waals surface area (Å²) in [6, 6.07) is 9.87. The first-order valence-corrected chi connectivity index (χ1v) is 6.10. The summed E-state index contributed by atoms with van der Waals surface area (Å²) in [7, 11) is 0. The lowest BCUT2D eigenvalue weighted by Gasteiger charge is -2.30. The Labute approximate surface area is 98.0 Å². The summed E-state index contributed by atoms with van der Waals surface area (Å²) in [4.78, 5) is 0. The van der Waals surface area contributed by atoms with E-state index in [1.807, 2.05) is 0 Å². The van der Waals surface area contributed by atoms with Crippen LogP contribution in [0.3, 0.4) is 0 Å². The molecule has 1 heterocycles. The summed E-state index contributed by atoms with van der Waals surface area (Å²) in [6.45, 7) is 8.37. The van der Waals surface area contributed by atoms with E-state index < -0.39 is 0 Å². The van der Waals surface area contributed by atoms with Crippen molar-refractivity contribution >= 4 is 0 Å². The first-order chi connectivity index (χ1) is 7.66. The van der Waals surface area contributed by atoms with Crippen LogP contribution in [0.15, 0.2) is 24.3 Å². The van der Waals surface area contributed by atoms with Gasteiger partial charge >= 0.3 is 0 Å². The summed E-state index contributed by atoms with van der Waals surface area (Å²) >= 11 is 0. The van der Waals surface area contributed by atoms with Crippen LogP contribution in [0, 0.1) is 0 Å². The Bertz CT molecular complexity index is 327. The molecular weight excluding hydrogens is 198 g/mol. The molecule has 0 saturated carbocycles. The molecule has 2 rings (SSSR count). The van der Waals surface area contributed by atoms with Crippen LogP contribution in [0.1, 0.15) is 43.9 Å². The van der Waals surface area contributed by atoms with E-state index in [1.165, 1.54) is 11.1 Å². The number of hydrogen-bond donors (Lipinski definition) is 1.